The molecule has 1 aromatic carbocycles. The number of nitrogens with one attached hydrogen (secondary N) is 1. The van der Waals surface area contributed by atoms with Crippen molar-refractivity contribution in [2.24, 2.45) is 0 Å². The van der Waals surface area contributed by atoms with Gasteiger partial charge in [-0.2, -0.15) is 0 Å². The highest BCUT2D eigenvalue weighted by Gasteiger charge is 1.94. The fourth-order valence-electron chi connectivity index (χ4n) is 0.970. The first kappa shape index (κ1) is 10.1. The maximum absolute atomic E-state index is 5.96. The summed E-state index contributed by atoms with van der Waals surface area (Å²) in [6, 6.07) is 7.75. The van der Waals surface area contributed by atoms with E-state index in [-0.39, 0.29) is 0 Å². The van der Waals surface area contributed by atoms with Crippen LogP contribution in [0.4, 0.5) is 5.69 Å². The van der Waals surface area contributed by atoms with Crippen molar-refractivity contribution < 1.29 is 0 Å². The second kappa shape index (κ2) is 4.93. The summed E-state index contributed by atoms with van der Waals surface area (Å²) >= 11 is 5.96. The molecule has 1 N–H and O–H groups in total. The van der Waals surface area contributed by atoms with Crippen molar-refractivity contribution in [2.75, 3.05) is 11.9 Å². The summed E-state index contributed by atoms with van der Waals surface area (Å²) in [6.07, 6.45) is 2.13. The Labute approximate surface area is 84.4 Å². The van der Waals surface area contributed by atoms with Crippen LogP contribution < -0.4 is 5.32 Å². The third kappa shape index (κ3) is 3.51. The molecular weight excluding hydrogens is 182 g/mol. The highest BCUT2D eigenvalue weighted by atomic mass is 35.5. The van der Waals surface area contributed by atoms with Crippen molar-refractivity contribution in [3.8, 4) is 0 Å². The zero-order valence-corrected chi connectivity index (χ0v) is 8.73. The molecule has 1 aromatic rings. The van der Waals surface area contributed by atoms with E-state index < -0.39 is 0 Å². The van der Waals surface area contributed by atoms with Gasteiger partial charge < -0.3 is 5.32 Å². The van der Waals surface area contributed by atoms with Gasteiger partial charge in [0.15, 0.2) is 0 Å². The number of rotatable bonds is 3. The van der Waals surface area contributed by atoms with Crippen LogP contribution in [-0.4, -0.2) is 6.54 Å². The maximum atomic E-state index is 5.96. The lowest BCUT2D eigenvalue weighted by Gasteiger charge is -2.05. The van der Waals surface area contributed by atoms with Crippen molar-refractivity contribution in [1.29, 1.82) is 0 Å². The van der Waals surface area contributed by atoms with E-state index in [0.29, 0.717) is 0 Å². The van der Waals surface area contributed by atoms with E-state index in [2.05, 4.69) is 25.2 Å². The van der Waals surface area contributed by atoms with Crippen LogP contribution in [0.5, 0.6) is 0 Å². The number of anilines is 1. The van der Waals surface area contributed by atoms with Crippen LogP contribution in [0.2, 0.25) is 5.02 Å². The Morgan fingerprint density at radius 1 is 1.38 bits per heavy atom. The molecule has 0 unspecified atom stereocenters. The minimum atomic E-state index is 0.768. The van der Waals surface area contributed by atoms with Crippen molar-refractivity contribution in [2.45, 2.75) is 13.8 Å². The average Bonchev–Trinajstić information content (AvgIpc) is 2.08. The quantitative estimate of drug-likeness (QED) is 0.725. The zero-order valence-electron chi connectivity index (χ0n) is 7.97. The van der Waals surface area contributed by atoms with Crippen LogP contribution in [0, 0.1) is 0 Å². The molecule has 0 aliphatic heterocycles. The summed E-state index contributed by atoms with van der Waals surface area (Å²) in [4.78, 5) is 0. The molecule has 0 spiro atoms. The summed E-state index contributed by atoms with van der Waals surface area (Å²) in [7, 11) is 0. The van der Waals surface area contributed by atoms with Crippen LogP contribution in [0.3, 0.4) is 0 Å². The average molecular weight is 196 g/mol. The van der Waals surface area contributed by atoms with Crippen LogP contribution in [-0.2, 0) is 0 Å². The Bertz CT molecular complexity index is 301. The van der Waals surface area contributed by atoms with E-state index in [1.807, 2.05) is 24.3 Å². The highest BCUT2D eigenvalue weighted by Crippen LogP contribution is 2.19. The molecule has 70 valence electrons. The zero-order chi connectivity index (χ0) is 9.68. The monoisotopic (exact) mass is 195 g/mol. The number of benzene rings is 1. The Morgan fingerprint density at radius 2 is 2.08 bits per heavy atom. The predicted molar refractivity (Wildman–Crippen MR) is 59.4 cm³/mol. The molecule has 1 rings (SSSR count). The molecule has 1 nitrogen and oxygen atoms in total. The van der Waals surface area contributed by atoms with Gasteiger partial charge >= 0.3 is 0 Å². The summed E-state index contributed by atoms with van der Waals surface area (Å²) in [5.41, 5.74) is 2.29. The van der Waals surface area contributed by atoms with E-state index >= 15 is 0 Å². The largest absolute Gasteiger partial charge is 0.380 e. The topological polar surface area (TPSA) is 12.0 Å². The van der Waals surface area contributed by atoms with Gasteiger partial charge in [0.25, 0.3) is 0 Å². The molecule has 0 saturated heterocycles. The molecule has 0 radical (unpaired) electrons. The molecule has 0 aliphatic rings. The SMILES string of the molecule is CC(C)=CCNc1ccccc1Cl. The number of hydrogen-bond acceptors (Lipinski definition) is 1. The number of allylic oxidation sites excluding steroid dienone is 1. The minimum Gasteiger partial charge on any atom is -0.380 e. The second-order valence-electron chi connectivity index (χ2n) is 3.14. The van der Waals surface area contributed by atoms with Gasteiger partial charge in [0.05, 0.1) is 10.7 Å². The highest BCUT2D eigenvalue weighted by molar-refractivity contribution is 6.33. The molecule has 2 heteroatoms. The van der Waals surface area contributed by atoms with Gasteiger partial charge in [0.1, 0.15) is 0 Å². The van der Waals surface area contributed by atoms with Crippen molar-refractivity contribution in [1.82, 2.24) is 0 Å². The van der Waals surface area contributed by atoms with Crippen molar-refractivity contribution in [3.05, 3.63) is 40.9 Å². The molecule has 0 saturated carbocycles. The standard InChI is InChI=1S/C11H14ClN/c1-9(2)7-8-13-11-6-4-3-5-10(11)12/h3-7,13H,8H2,1-2H3. The molecule has 0 amide bonds. The lowest BCUT2D eigenvalue weighted by Crippen LogP contribution is -1.98. The van der Waals surface area contributed by atoms with Gasteiger partial charge in [-0.05, 0) is 26.0 Å². The third-order valence-electron chi connectivity index (χ3n) is 1.68. The fourth-order valence-corrected chi connectivity index (χ4v) is 1.17. The van der Waals surface area contributed by atoms with Crippen molar-refractivity contribution >= 4 is 17.3 Å². The molecule has 13 heavy (non-hydrogen) atoms. The van der Waals surface area contributed by atoms with E-state index in [9.17, 15) is 0 Å². The van der Waals surface area contributed by atoms with Crippen LogP contribution in [0.15, 0.2) is 35.9 Å². The molecule has 0 aliphatic carbocycles. The molecule has 0 aromatic heterocycles. The minimum absolute atomic E-state index is 0.768. The van der Waals surface area contributed by atoms with E-state index in [0.717, 1.165) is 17.3 Å². The summed E-state index contributed by atoms with van der Waals surface area (Å²) in [5.74, 6) is 0. The van der Waals surface area contributed by atoms with Gasteiger partial charge in [-0.1, -0.05) is 35.4 Å². The van der Waals surface area contributed by atoms with Gasteiger partial charge in [0.2, 0.25) is 0 Å². The maximum Gasteiger partial charge on any atom is 0.0637 e. The second-order valence-corrected chi connectivity index (χ2v) is 3.55. The molecule has 0 fully saturated rings. The first-order valence-electron chi connectivity index (χ1n) is 4.32. The van der Waals surface area contributed by atoms with Crippen LogP contribution in [0.25, 0.3) is 0 Å². The molecule has 0 atom stereocenters. The van der Waals surface area contributed by atoms with E-state index in [4.69, 9.17) is 11.6 Å². The van der Waals surface area contributed by atoms with Gasteiger partial charge in [-0.25, -0.2) is 0 Å². The Kier molecular flexibility index (Phi) is 3.84. The first-order chi connectivity index (χ1) is 6.20. The lowest BCUT2D eigenvalue weighted by molar-refractivity contribution is 1.26. The van der Waals surface area contributed by atoms with Crippen molar-refractivity contribution in [3.63, 3.8) is 0 Å². The lowest BCUT2D eigenvalue weighted by atomic mass is 10.3. The number of halogens is 1. The summed E-state index contributed by atoms with van der Waals surface area (Å²) < 4.78 is 0. The number of para-hydroxylation sites is 1. The number of hydrogen-bond donors (Lipinski definition) is 1. The molecule has 0 heterocycles. The predicted octanol–water partition coefficient (Wildman–Crippen LogP) is 3.72. The Morgan fingerprint density at radius 3 is 2.69 bits per heavy atom. The third-order valence-corrected chi connectivity index (χ3v) is 2.01. The first-order valence-corrected chi connectivity index (χ1v) is 4.69. The van der Waals surface area contributed by atoms with Gasteiger partial charge in [-0.15, -0.1) is 0 Å². The van der Waals surface area contributed by atoms with Crippen LogP contribution >= 0.6 is 11.6 Å². The van der Waals surface area contributed by atoms with Gasteiger partial charge in [-0.3, -0.25) is 0 Å². The molecule has 0 bridgehead atoms. The van der Waals surface area contributed by atoms with Crippen LogP contribution in [0.1, 0.15) is 13.8 Å². The summed E-state index contributed by atoms with van der Waals surface area (Å²) in [5, 5.41) is 4.00. The smallest absolute Gasteiger partial charge is 0.0637 e. The Balaban J connectivity index is 2.55. The molecular formula is C11H14ClN. The Hall–Kier alpha value is -0.950. The van der Waals surface area contributed by atoms with Gasteiger partial charge in [0, 0.05) is 6.54 Å². The fraction of sp³-hybridized carbons (Fsp3) is 0.273. The van der Waals surface area contributed by atoms with E-state index in [1.165, 1.54) is 5.57 Å². The normalized spacial score (nSPS) is 9.46. The summed E-state index contributed by atoms with van der Waals surface area (Å²) in [6.45, 7) is 4.98. The van der Waals surface area contributed by atoms with E-state index in [1.54, 1.807) is 0 Å².